The van der Waals surface area contributed by atoms with Gasteiger partial charge in [-0.1, -0.05) is 30.3 Å². The van der Waals surface area contributed by atoms with Crippen molar-refractivity contribution in [2.45, 2.75) is 41.2 Å². The molecule has 3 aromatic carbocycles. The molecule has 35 heavy (non-hydrogen) atoms. The molecular weight excluding hydrogens is 504 g/mol. The van der Waals surface area contributed by atoms with Gasteiger partial charge in [-0.15, -0.1) is 0 Å². The smallest absolute Gasteiger partial charge is 0.266 e. The molecule has 3 aromatic rings. The standard InChI is InChI=1S/C29H29BrN2O3/c1-6-34-27-15-23(13-24(16-31)29(33)32-26-9-7-8-19(3)21(26)5)14-25(30)28(27)35-17-22-11-10-18(2)20(4)12-22/h7-15H,6,17H2,1-5H3,(H,32,33)/b24-13+. The van der Waals surface area contributed by atoms with Crippen LogP contribution in [0, 0.1) is 39.0 Å². The number of amides is 1. The lowest BCUT2D eigenvalue weighted by Crippen LogP contribution is -2.14. The third-order valence-electron chi connectivity index (χ3n) is 5.82. The van der Waals surface area contributed by atoms with Gasteiger partial charge in [-0.3, -0.25) is 4.79 Å². The van der Waals surface area contributed by atoms with Gasteiger partial charge < -0.3 is 14.8 Å². The van der Waals surface area contributed by atoms with Crippen LogP contribution in [-0.2, 0) is 11.4 Å². The van der Waals surface area contributed by atoms with Crippen molar-refractivity contribution in [3.8, 4) is 17.6 Å². The molecule has 0 aliphatic rings. The van der Waals surface area contributed by atoms with E-state index in [4.69, 9.17) is 9.47 Å². The van der Waals surface area contributed by atoms with Gasteiger partial charge in [-0.2, -0.15) is 5.26 Å². The number of anilines is 1. The first kappa shape index (κ1) is 26.1. The second-order valence-electron chi connectivity index (χ2n) is 8.34. The number of ether oxygens (including phenoxy) is 2. The first-order valence-corrected chi connectivity index (χ1v) is 12.2. The molecule has 0 unspecified atom stereocenters. The van der Waals surface area contributed by atoms with E-state index in [-0.39, 0.29) is 5.57 Å². The largest absolute Gasteiger partial charge is 0.490 e. The Hall–Kier alpha value is -3.56. The number of nitrogens with one attached hydrogen (secondary N) is 1. The zero-order valence-electron chi connectivity index (χ0n) is 20.7. The summed E-state index contributed by atoms with van der Waals surface area (Å²) in [6.45, 7) is 10.8. The molecular formula is C29H29BrN2O3. The van der Waals surface area contributed by atoms with Crippen LogP contribution in [0.4, 0.5) is 5.69 Å². The number of hydrogen-bond acceptors (Lipinski definition) is 4. The van der Waals surface area contributed by atoms with Crippen LogP contribution in [0.1, 0.15) is 40.3 Å². The number of benzene rings is 3. The SMILES string of the molecule is CCOc1cc(/C=C(\C#N)C(=O)Nc2cccc(C)c2C)cc(Br)c1OCc1ccc(C)c(C)c1. The summed E-state index contributed by atoms with van der Waals surface area (Å²) in [6.07, 6.45) is 1.54. The minimum Gasteiger partial charge on any atom is -0.490 e. The lowest BCUT2D eigenvalue weighted by Gasteiger charge is -2.15. The molecule has 0 radical (unpaired) electrons. The van der Waals surface area contributed by atoms with Crippen LogP contribution < -0.4 is 14.8 Å². The molecule has 1 amide bonds. The van der Waals surface area contributed by atoms with Gasteiger partial charge in [-0.05, 0) is 108 Å². The summed E-state index contributed by atoms with van der Waals surface area (Å²) in [7, 11) is 0. The van der Waals surface area contributed by atoms with Crippen LogP contribution >= 0.6 is 15.9 Å². The fraction of sp³-hybridized carbons (Fsp3) is 0.241. The van der Waals surface area contributed by atoms with Crippen molar-refractivity contribution in [1.29, 1.82) is 5.26 Å². The van der Waals surface area contributed by atoms with Gasteiger partial charge in [-0.25, -0.2) is 0 Å². The third kappa shape index (κ3) is 6.52. The second-order valence-corrected chi connectivity index (χ2v) is 9.20. The summed E-state index contributed by atoms with van der Waals surface area (Å²) >= 11 is 3.57. The minimum atomic E-state index is -0.467. The summed E-state index contributed by atoms with van der Waals surface area (Å²) in [6, 6.07) is 17.5. The lowest BCUT2D eigenvalue weighted by molar-refractivity contribution is -0.112. The van der Waals surface area contributed by atoms with Gasteiger partial charge in [0, 0.05) is 5.69 Å². The number of rotatable bonds is 8. The maximum Gasteiger partial charge on any atom is 0.266 e. The molecule has 0 saturated carbocycles. The Labute approximate surface area is 215 Å². The van der Waals surface area contributed by atoms with Crippen LogP contribution in [0.5, 0.6) is 11.5 Å². The summed E-state index contributed by atoms with van der Waals surface area (Å²) in [5.41, 5.74) is 6.84. The Balaban J connectivity index is 1.86. The number of aryl methyl sites for hydroxylation is 3. The fourth-order valence-electron chi connectivity index (χ4n) is 3.51. The van der Waals surface area contributed by atoms with Crippen molar-refractivity contribution >= 4 is 33.6 Å². The average molecular weight is 533 g/mol. The van der Waals surface area contributed by atoms with Crippen LogP contribution in [0.3, 0.4) is 0 Å². The van der Waals surface area contributed by atoms with E-state index >= 15 is 0 Å². The van der Waals surface area contributed by atoms with Gasteiger partial charge in [0.2, 0.25) is 0 Å². The third-order valence-corrected chi connectivity index (χ3v) is 6.40. The summed E-state index contributed by atoms with van der Waals surface area (Å²) in [5, 5.41) is 12.5. The molecule has 0 fully saturated rings. The molecule has 0 aliphatic heterocycles. The highest BCUT2D eigenvalue weighted by Gasteiger charge is 2.15. The van der Waals surface area contributed by atoms with Gasteiger partial charge in [0.1, 0.15) is 18.2 Å². The van der Waals surface area contributed by atoms with E-state index in [0.717, 1.165) is 16.7 Å². The number of hydrogen-bond donors (Lipinski definition) is 1. The molecule has 1 N–H and O–H groups in total. The topological polar surface area (TPSA) is 71.3 Å². The highest BCUT2D eigenvalue weighted by atomic mass is 79.9. The normalized spacial score (nSPS) is 11.1. The second kappa shape index (κ2) is 11.7. The van der Waals surface area contributed by atoms with E-state index in [1.807, 2.05) is 51.1 Å². The van der Waals surface area contributed by atoms with E-state index in [0.29, 0.717) is 40.4 Å². The molecule has 5 nitrogen and oxygen atoms in total. The van der Waals surface area contributed by atoms with Crippen LogP contribution in [0.2, 0.25) is 0 Å². The van der Waals surface area contributed by atoms with E-state index in [2.05, 4.69) is 47.2 Å². The Morgan fingerprint density at radius 3 is 2.49 bits per heavy atom. The summed E-state index contributed by atoms with van der Waals surface area (Å²) in [4.78, 5) is 12.8. The number of carbonyl (C=O) groups is 1. The van der Waals surface area contributed by atoms with Crippen molar-refractivity contribution in [2.24, 2.45) is 0 Å². The Bertz CT molecular complexity index is 1320. The predicted octanol–water partition coefficient (Wildman–Crippen LogP) is 7.21. The van der Waals surface area contributed by atoms with Gasteiger partial charge in [0.25, 0.3) is 5.91 Å². The van der Waals surface area contributed by atoms with Gasteiger partial charge in [0.05, 0.1) is 11.1 Å². The Morgan fingerprint density at radius 1 is 1.03 bits per heavy atom. The van der Waals surface area contributed by atoms with E-state index in [9.17, 15) is 10.1 Å². The molecule has 0 spiro atoms. The summed E-state index contributed by atoms with van der Waals surface area (Å²) in [5.74, 6) is 0.634. The summed E-state index contributed by atoms with van der Waals surface area (Å²) < 4.78 is 12.6. The number of halogens is 1. The minimum absolute atomic E-state index is 0.0101. The van der Waals surface area contributed by atoms with E-state index in [1.165, 1.54) is 11.1 Å². The number of nitriles is 1. The monoisotopic (exact) mass is 532 g/mol. The lowest BCUT2D eigenvalue weighted by atomic mass is 10.1. The molecule has 180 valence electrons. The zero-order valence-corrected chi connectivity index (χ0v) is 22.2. The quantitative estimate of drug-likeness (QED) is 0.245. The highest BCUT2D eigenvalue weighted by Crippen LogP contribution is 2.38. The first-order chi connectivity index (χ1) is 16.7. The van der Waals surface area contributed by atoms with Crippen LogP contribution in [0.15, 0.2) is 58.6 Å². The number of carbonyl (C=O) groups excluding carboxylic acids is 1. The molecule has 6 heteroatoms. The van der Waals surface area contributed by atoms with E-state index in [1.54, 1.807) is 18.2 Å². The van der Waals surface area contributed by atoms with Crippen molar-refractivity contribution in [1.82, 2.24) is 0 Å². The molecule has 0 aromatic heterocycles. The van der Waals surface area contributed by atoms with Crippen molar-refractivity contribution in [3.05, 3.63) is 92.0 Å². The fourth-order valence-corrected chi connectivity index (χ4v) is 4.09. The molecule has 0 atom stereocenters. The van der Waals surface area contributed by atoms with Crippen LogP contribution in [0.25, 0.3) is 6.08 Å². The zero-order chi connectivity index (χ0) is 25.5. The van der Waals surface area contributed by atoms with Crippen molar-refractivity contribution in [2.75, 3.05) is 11.9 Å². The van der Waals surface area contributed by atoms with E-state index < -0.39 is 5.91 Å². The highest BCUT2D eigenvalue weighted by molar-refractivity contribution is 9.10. The van der Waals surface area contributed by atoms with Crippen molar-refractivity contribution < 1.29 is 14.3 Å². The first-order valence-electron chi connectivity index (χ1n) is 11.4. The maximum atomic E-state index is 12.8. The molecule has 3 rings (SSSR count). The average Bonchev–Trinajstić information content (AvgIpc) is 2.82. The Kier molecular flexibility index (Phi) is 8.73. The molecule has 0 saturated heterocycles. The van der Waals surface area contributed by atoms with Gasteiger partial charge in [0.15, 0.2) is 11.5 Å². The Morgan fingerprint density at radius 2 is 1.80 bits per heavy atom. The predicted molar refractivity (Wildman–Crippen MR) is 144 cm³/mol. The van der Waals surface area contributed by atoms with Gasteiger partial charge >= 0.3 is 0 Å². The molecule has 0 heterocycles. The van der Waals surface area contributed by atoms with Crippen LogP contribution in [-0.4, -0.2) is 12.5 Å². The molecule has 0 aliphatic carbocycles. The molecule has 0 bridgehead atoms. The maximum absolute atomic E-state index is 12.8. The number of nitrogens with zero attached hydrogens (tertiary/aromatic N) is 1. The van der Waals surface area contributed by atoms with Crippen molar-refractivity contribution in [3.63, 3.8) is 0 Å².